The average molecular weight is 522 g/mol. The Morgan fingerprint density at radius 2 is 1.79 bits per heavy atom. The van der Waals surface area contributed by atoms with Crippen LogP contribution in [0.2, 0.25) is 0 Å². The molecular weight excluding hydrogens is 492 g/mol. The molecule has 4 rings (SSSR count). The minimum absolute atomic E-state index is 0.0429. The second-order valence-corrected chi connectivity index (χ2v) is 8.83. The third kappa shape index (κ3) is 5.95. The molecule has 2 heterocycles. The summed E-state index contributed by atoms with van der Waals surface area (Å²) in [5.41, 5.74) is 3.29. The maximum Gasteiger partial charge on any atom is 0.280 e. The number of hydrogen-bond donors (Lipinski definition) is 1. The first-order valence-corrected chi connectivity index (χ1v) is 12.2. The quantitative estimate of drug-likeness (QED) is 0.318. The van der Waals surface area contributed by atoms with Crippen LogP contribution in [0, 0.1) is 18.6 Å². The van der Waals surface area contributed by atoms with E-state index in [9.17, 15) is 18.7 Å². The largest absolute Gasteiger partial charge is 0.494 e. The van der Waals surface area contributed by atoms with Gasteiger partial charge >= 0.3 is 0 Å². The molecule has 0 radical (unpaired) electrons. The second-order valence-electron chi connectivity index (χ2n) is 8.83. The van der Waals surface area contributed by atoms with Gasteiger partial charge in [0.2, 0.25) is 5.88 Å². The monoisotopic (exact) mass is 521 g/mol. The van der Waals surface area contributed by atoms with Gasteiger partial charge in [-0.05, 0) is 48.7 Å². The average Bonchev–Trinajstić information content (AvgIpc) is 2.89. The fourth-order valence-corrected chi connectivity index (χ4v) is 4.42. The number of aromatic hydroxyl groups is 1. The number of aromatic nitrogens is 3. The van der Waals surface area contributed by atoms with Gasteiger partial charge in [0.05, 0.1) is 18.2 Å². The van der Waals surface area contributed by atoms with E-state index in [-0.39, 0.29) is 42.5 Å². The van der Waals surface area contributed by atoms with Crippen LogP contribution in [0.25, 0.3) is 11.1 Å². The molecule has 1 atom stereocenters. The first kappa shape index (κ1) is 27.1. The van der Waals surface area contributed by atoms with Gasteiger partial charge in [-0.2, -0.15) is 4.98 Å². The van der Waals surface area contributed by atoms with E-state index in [2.05, 4.69) is 9.97 Å². The van der Waals surface area contributed by atoms with Crippen molar-refractivity contribution in [1.82, 2.24) is 14.5 Å². The van der Waals surface area contributed by atoms with E-state index in [0.717, 1.165) is 40.6 Å². The minimum atomic E-state index is -0.872. The lowest BCUT2D eigenvalue weighted by molar-refractivity contribution is 0.115. The molecule has 0 bridgehead atoms. The Kier molecular flexibility index (Phi) is 8.60. The predicted molar refractivity (Wildman–Crippen MR) is 139 cm³/mol. The van der Waals surface area contributed by atoms with Crippen molar-refractivity contribution in [3.63, 3.8) is 0 Å². The maximum atomic E-state index is 14.1. The number of aryl methyl sites for hydroxylation is 1. The van der Waals surface area contributed by atoms with Crippen molar-refractivity contribution in [2.45, 2.75) is 32.9 Å². The van der Waals surface area contributed by atoms with Gasteiger partial charge in [-0.1, -0.05) is 30.3 Å². The first-order valence-electron chi connectivity index (χ1n) is 12.2. The lowest BCUT2D eigenvalue weighted by Crippen LogP contribution is -2.28. The zero-order valence-electron chi connectivity index (χ0n) is 21.4. The molecule has 9 heteroatoms. The molecule has 0 saturated heterocycles. The van der Waals surface area contributed by atoms with Crippen LogP contribution in [0.4, 0.5) is 8.78 Å². The predicted octanol–water partition coefficient (Wildman–Crippen LogP) is 4.96. The molecule has 2 aromatic heterocycles. The van der Waals surface area contributed by atoms with Gasteiger partial charge in [0.25, 0.3) is 5.56 Å². The lowest BCUT2D eigenvalue weighted by Gasteiger charge is -2.25. The molecule has 7 nitrogen and oxygen atoms in total. The van der Waals surface area contributed by atoms with Crippen molar-refractivity contribution < 1.29 is 23.4 Å². The van der Waals surface area contributed by atoms with Gasteiger partial charge < -0.3 is 14.6 Å². The zero-order valence-corrected chi connectivity index (χ0v) is 21.4. The highest BCUT2D eigenvalue weighted by atomic mass is 19.1. The summed E-state index contributed by atoms with van der Waals surface area (Å²) in [5, 5.41) is 11.4. The van der Waals surface area contributed by atoms with Crippen molar-refractivity contribution in [3.05, 3.63) is 111 Å². The van der Waals surface area contributed by atoms with Crippen molar-refractivity contribution in [1.29, 1.82) is 0 Å². The number of hydrogen-bond acceptors (Lipinski definition) is 6. The van der Waals surface area contributed by atoms with Crippen LogP contribution in [-0.2, 0) is 22.5 Å². The molecule has 2 aromatic carbocycles. The molecule has 0 fully saturated rings. The van der Waals surface area contributed by atoms with Gasteiger partial charge in [-0.25, -0.2) is 8.78 Å². The Balaban J connectivity index is 1.78. The van der Waals surface area contributed by atoms with Gasteiger partial charge in [0.1, 0.15) is 24.1 Å². The fraction of sp³-hybridized carbons (Fsp3) is 0.276. The Bertz CT molecular complexity index is 1450. The summed E-state index contributed by atoms with van der Waals surface area (Å²) in [6.45, 7) is 3.92. The lowest BCUT2D eigenvalue weighted by atomic mass is 10.00. The number of nitrogens with zero attached hydrogens (tertiary/aromatic N) is 3. The van der Waals surface area contributed by atoms with Crippen LogP contribution in [-0.4, -0.2) is 40.0 Å². The van der Waals surface area contributed by atoms with Crippen molar-refractivity contribution in [3.8, 4) is 17.0 Å². The Labute approximate surface area is 219 Å². The Hall–Kier alpha value is -3.95. The molecule has 0 spiro atoms. The molecule has 38 heavy (non-hydrogen) atoms. The molecule has 1 N–H and O–H groups in total. The fourth-order valence-electron chi connectivity index (χ4n) is 4.42. The summed E-state index contributed by atoms with van der Waals surface area (Å²) in [6.07, 6.45) is 1.83. The highest BCUT2D eigenvalue weighted by Crippen LogP contribution is 2.30. The van der Waals surface area contributed by atoms with E-state index >= 15 is 0 Å². The van der Waals surface area contributed by atoms with E-state index in [1.807, 2.05) is 43.3 Å². The summed E-state index contributed by atoms with van der Waals surface area (Å²) < 4.78 is 40.4. The van der Waals surface area contributed by atoms with Crippen molar-refractivity contribution >= 4 is 0 Å². The third-order valence-corrected chi connectivity index (χ3v) is 6.26. The number of ether oxygens (including phenoxy) is 2. The van der Waals surface area contributed by atoms with Crippen molar-refractivity contribution in [2.75, 3.05) is 20.3 Å². The van der Waals surface area contributed by atoms with Crippen molar-refractivity contribution in [2.24, 2.45) is 0 Å². The SMILES string of the molecule is CCOCc1nc(=O)c(Cc2ccc(-c3cccnc3C)cc2)c(O)n1C(COC)c1cc(F)cc(F)c1. The van der Waals surface area contributed by atoms with Crippen LogP contribution in [0.3, 0.4) is 0 Å². The van der Waals surface area contributed by atoms with Crippen LogP contribution >= 0.6 is 0 Å². The molecule has 0 aliphatic carbocycles. The summed E-state index contributed by atoms with van der Waals surface area (Å²) in [4.78, 5) is 21.6. The van der Waals surface area contributed by atoms with E-state index in [1.165, 1.54) is 11.7 Å². The zero-order chi connectivity index (χ0) is 27.2. The molecule has 0 saturated carbocycles. The molecule has 0 aliphatic rings. The van der Waals surface area contributed by atoms with Crippen LogP contribution < -0.4 is 5.56 Å². The summed E-state index contributed by atoms with van der Waals surface area (Å²) in [6, 6.07) is 13.6. The molecule has 4 aromatic rings. The highest BCUT2D eigenvalue weighted by Gasteiger charge is 2.25. The number of methoxy groups -OCH3 is 1. The topological polar surface area (TPSA) is 86.5 Å². The Morgan fingerprint density at radius 3 is 2.42 bits per heavy atom. The van der Waals surface area contributed by atoms with Gasteiger partial charge in [-0.3, -0.25) is 14.3 Å². The number of pyridine rings is 1. The van der Waals surface area contributed by atoms with Crippen LogP contribution in [0.1, 0.15) is 41.2 Å². The second kappa shape index (κ2) is 12.1. The van der Waals surface area contributed by atoms with E-state index in [4.69, 9.17) is 9.47 Å². The van der Waals surface area contributed by atoms with Crippen LogP contribution in [0.15, 0.2) is 65.6 Å². The number of halogens is 2. The highest BCUT2D eigenvalue weighted by molar-refractivity contribution is 5.65. The number of rotatable bonds is 10. The normalized spacial score (nSPS) is 12.0. The standard InChI is InChI=1S/C29H29F2N3O4/c1-4-38-17-27-33-28(35)25(12-19-7-9-20(10-8-19)24-6-5-11-32-18(24)2)29(36)34(27)26(16-37-3)21-13-22(30)15-23(31)14-21/h5-11,13-15,26,36H,4,12,16-17H2,1-3H3. The summed E-state index contributed by atoms with van der Waals surface area (Å²) in [7, 11) is 1.43. The molecule has 198 valence electrons. The van der Waals surface area contributed by atoms with E-state index < -0.39 is 23.2 Å². The van der Waals surface area contributed by atoms with Gasteiger partial charge in [0, 0.05) is 43.7 Å². The smallest absolute Gasteiger partial charge is 0.280 e. The summed E-state index contributed by atoms with van der Waals surface area (Å²) >= 11 is 0. The molecule has 0 amide bonds. The number of benzene rings is 2. The molecular formula is C29H29F2N3O4. The molecule has 1 unspecified atom stereocenters. The molecule has 0 aliphatic heterocycles. The van der Waals surface area contributed by atoms with Crippen LogP contribution in [0.5, 0.6) is 5.88 Å². The minimum Gasteiger partial charge on any atom is -0.494 e. The maximum absolute atomic E-state index is 14.1. The van der Waals surface area contributed by atoms with Gasteiger partial charge in [-0.15, -0.1) is 0 Å². The first-order chi connectivity index (χ1) is 18.3. The summed E-state index contributed by atoms with van der Waals surface area (Å²) in [5.74, 6) is -1.79. The third-order valence-electron chi connectivity index (χ3n) is 6.26. The Morgan fingerprint density at radius 1 is 1.08 bits per heavy atom. The van der Waals surface area contributed by atoms with Gasteiger partial charge in [0.15, 0.2) is 0 Å². The van der Waals surface area contributed by atoms with E-state index in [0.29, 0.717) is 6.61 Å². The van der Waals surface area contributed by atoms with E-state index in [1.54, 1.807) is 13.1 Å².